The Kier molecular flexibility index (Phi) is 2.91. The zero-order valence-corrected chi connectivity index (χ0v) is 10.7. The third kappa shape index (κ3) is 2.10. The molecule has 98 valence electrons. The Morgan fingerprint density at radius 2 is 2.11 bits per heavy atom. The normalized spacial score (nSPS) is 17.8. The summed E-state index contributed by atoms with van der Waals surface area (Å²) in [6.07, 6.45) is 0. The van der Waals surface area contributed by atoms with Crippen LogP contribution < -0.4 is 16.0 Å². The first-order valence-corrected chi connectivity index (χ1v) is 5.78. The van der Waals surface area contributed by atoms with Crippen molar-refractivity contribution < 1.29 is 9.59 Å². The quantitative estimate of drug-likeness (QED) is 0.560. The minimum Gasteiger partial charge on any atom is -0.397 e. The molecular weight excluding hydrogens is 244 g/mol. The summed E-state index contributed by atoms with van der Waals surface area (Å²) in [7, 11) is 0. The Labute approximate surface area is 110 Å². The highest BCUT2D eigenvalue weighted by Gasteiger charge is 2.41. The highest BCUT2D eigenvalue weighted by atomic mass is 16.2. The molecule has 2 amide bonds. The van der Waals surface area contributed by atoms with Gasteiger partial charge < -0.3 is 10.6 Å². The van der Waals surface area contributed by atoms with Crippen molar-refractivity contribution in [3.63, 3.8) is 0 Å². The summed E-state index contributed by atoms with van der Waals surface area (Å²) in [5, 5.41) is 11.1. The monoisotopic (exact) mass is 258 g/mol. The van der Waals surface area contributed by atoms with E-state index < -0.39 is 5.54 Å². The van der Waals surface area contributed by atoms with E-state index >= 15 is 0 Å². The van der Waals surface area contributed by atoms with Crippen LogP contribution >= 0.6 is 0 Å². The summed E-state index contributed by atoms with van der Waals surface area (Å²) in [5.74, 6) is -0.736. The number of nitrogens with zero attached hydrogens (tertiary/aromatic N) is 2. The molecule has 1 aromatic rings. The average molecular weight is 258 g/mol. The van der Waals surface area contributed by atoms with E-state index in [4.69, 9.17) is 11.0 Å². The molecule has 3 N–H and O–H groups in total. The van der Waals surface area contributed by atoms with Gasteiger partial charge in [-0.25, -0.2) is 0 Å². The number of amides is 2. The van der Waals surface area contributed by atoms with Crippen molar-refractivity contribution in [1.29, 1.82) is 5.26 Å². The molecule has 2 rings (SSSR count). The maximum Gasteiger partial charge on any atom is 0.251 e. The molecule has 1 fully saturated rings. The van der Waals surface area contributed by atoms with Crippen molar-refractivity contribution in [2.24, 2.45) is 0 Å². The fourth-order valence-electron chi connectivity index (χ4n) is 2.04. The van der Waals surface area contributed by atoms with Crippen molar-refractivity contribution in [2.45, 2.75) is 19.4 Å². The number of rotatable bonds is 1. The van der Waals surface area contributed by atoms with Gasteiger partial charge in [-0.2, -0.15) is 5.26 Å². The summed E-state index contributed by atoms with van der Waals surface area (Å²) >= 11 is 0. The van der Waals surface area contributed by atoms with E-state index in [1.807, 2.05) is 6.07 Å². The molecule has 6 heteroatoms. The van der Waals surface area contributed by atoms with Crippen LogP contribution in [0.25, 0.3) is 0 Å². The van der Waals surface area contributed by atoms with Crippen LogP contribution in [0.15, 0.2) is 18.2 Å². The first-order chi connectivity index (χ1) is 8.86. The molecule has 0 aliphatic carbocycles. The predicted molar refractivity (Wildman–Crippen MR) is 70.1 cm³/mol. The number of nitrogens with two attached hydrogens (primary N) is 1. The number of anilines is 2. The first-order valence-electron chi connectivity index (χ1n) is 5.78. The second-order valence-electron chi connectivity index (χ2n) is 4.91. The van der Waals surface area contributed by atoms with E-state index in [1.54, 1.807) is 30.9 Å². The number of piperazine rings is 1. The second kappa shape index (κ2) is 4.28. The van der Waals surface area contributed by atoms with E-state index in [-0.39, 0.29) is 18.4 Å². The Morgan fingerprint density at radius 3 is 2.68 bits per heavy atom. The lowest BCUT2D eigenvalue weighted by Gasteiger charge is -2.42. The number of nitrogens with one attached hydrogen (secondary N) is 1. The number of nitriles is 1. The van der Waals surface area contributed by atoms with Gasteiger partial charge in [-0.15, -0.1) is 0 Å². The maximum atomic E-state index is 11.9. The number of nitrogen functional groups attached to an aromatic ring is 1. The Hall–Kier alpha value is -2.55. The highest BCUT2D eigenvalue weighted by Crippen LogP contribution is 2.31. The van der Waals surface area contributed by atoms with Crippen LogP contribution in [-0.2, 0) is 9.59 Å². The number of carbonyl (C=O) groups is 2. The van der Waals surface area contributed by atoms with Crippen molar-refractivity contribution in [3.05, 3.63) is 23.8 Å². The lowest BCUT2D eigenvalue weighted by Crippen LogP contribution is -2.64. The molecule has 6 nitrogen and oxygen atoms in total. The molecule has 0 unspecified atom stereocenters. The summed E-state index contributed by atoms with van der Waals surface area (Å²) in [6, 6.07) is 6.79. The lowest BCUT2D eigenvalue weighted by molar-refractivity contribution is -0.135. The maximum absolute atomic E-state index is 11.9. The molecule has 1 aliphatic heterocycles. The van der Waals surface area contributed by atoms with E-state index in [1.165, 1.54) is 6.07 Å². The summed E-state index contributed by atoms with van der Waals surface area (Å²) in [4.78, 5) is 25.0. The van der Waals surface area contributed by atoms with E-state index in [2.05, 4.69) is 5.32 Å². The minimum absolute atomic E-state index is 0.0504. The molecule has 0 spiro atoms. The van der Waals surface area contributed by atoms with E-state index in [0.29, 0.717) is 16.9 Å². The summed E-state index contributed by atoms with van der Waals surface area (Å²) in [5.41, 5.74) is 6.41. The second-order valence-corrected chi connectivity index (χ2v) is 4.91. The fourth-order valence-corrected chi connectivity index (χ4v) is 2.04. The molecule has 0 bridgehead atoms. The molecule has 0 saturated carbocycles. The van der Waals surface area contributed by atoms with Gasteiger partial charge in [0.25, 0.3) is 5.91 Å². The van der Waals surface area contributed by atoms with E-state index in [0.717, 1.165) is 0 Å². The summed E-state index contributed by atoms with van der Waals surface area (Å²) < 4.78 is 0. The van der Waals surface area contributed by atoms with Gasteiger partial charge in [0.1, 0.15) is 5.54 Å². The van der Waals surface area contributed by atoms with Crippen LogP contribution in [0.4, 0.5) is 11.4 Å². The minimum atomic E-state index is -0.879. The molecular formula is C13H14N4O2. The molecule has 0 atom stereocenters. The molecule has 1 aromatic carbocycles. The van der Waals surface area contributed by atoms with E-state index in [9.17, 15) is 9.59 Å². The van der Waals surface area contributed by atoms with Gasteiger partial charge in [-0.1, -0.05) is 0 Å². The van der Waals surface area contributed by atoms with Gasteiger partial charge in [-0.3, -0.25) is 14.9 Å². The lowest BCUT2D eigenvalue weighted by atomic mass is 9.97. The summed E-state index contributed by atoms with van der Waals surface area (Å²) in [6.45, 7) is 3.48. The Bertz CT molecular complexity index is 601. The SMILES string of the molecule is CC1(C)C(=O)NC(=O)CN1c1ccc(C#N)cc1N. The van der Waals surface area contributed by atoms with Crippen LogP contribution in [0.3, 0.4) is 0 Å². The van der Waals surface area contributed by atoms with Gasteiger partial charge in [0.2, 0.25) is 5.91 Å². The molecule has 1 aliphatic rings. The van der Waals surface area contributed by atoms with Gasteiger partial charge in [0.15, 0.2) is 0 Å². The predicted octanol–water partition coefficient (Wildman–Crippen LogP) is 0.382. The largest absolute Gasteiger partial charge is 0.397 e. The van der Waals surface area contributed by atoms with Crippen molar-refractivity contribution >= 4 is 23.2 Å². The van der Waals surface area contributed by atoms with Crippen LogP contribution in [0, 0.1) is 11.3 Å². The first kappa shape index (κ1) is 12.9. The van der Waals surface area contributed by atoms with Gasteiger partial charge >= 0.3 is 0 Å². The molecule has 19 heavy (non-hydrogen) atoms. The zero-order chi connectivity index (χ0) is 14.2. The Balaban J connectivity index is 2.48. The van der Waals surface area contributed by atoms with Crippen LogP contribution in [0.5, 0.6) is 0 Å². The number of imide groups is 1. The zero-order valence-electron chi connectivity index (χ0n) is 10.7. The van der Waals surface area contributed by atoms with Crippen molar-refractivity contribution in [3.8, 4) is 6.07 Å². The fraction of sp³-hybridized carbons (Fsp3) is 0.308. The molecule has 1 saturated heterocycles. The molecule has 0 radical (unpaired) electrons. The van der Waals surface area contributed by atoms with Crippen LogP contribution in [0.1, 0.15) is 19.4 Å². The Morgan fingerprint density at radius 1 is 1.42 bits per heavy atom. The topological polar surface area (TPSA) is 99.2 Å². The van der Waals surface area contributed by atoms with Gasteiger partial charge in [0.05, 0.1) is 29.6 Å². The van der Waals surface area contributed by atoms with Crippen molar-refractivity contribution in [2.75, 3.05) is 17.2 Å². The third-order valence-corrected chi connectivity index (χ3v) is 3.23. The average Bonchev–Trinajstić information content (AvgIpc) is 2.34. The van der Waals surface area contributed by atoms with Gasteiger partial charge in [0, 0.05) is 0 Å². The molecule has 1 heterocycles. The third-order valence-electron chi connectivity index (χ3n) is 3.23. The highest BCUT2D eigenvalue weighted by molar-refractivity contribution is 6.07. The number of benzene rings is 1. The van der Waals surface area contributed by atoms with Crippen LogP contribution in [-0.4, -0.2) is 23.9 Å². The number of hydrogen-bond acceptors (Lipinski definition) is 5. The van der Waals surface area contributed by atoms with Gasteiger partial charge in [-0.05, 0) is 32.0 Å². The number of hydrogen-bond donors (Lipinski definition) is 2. The standard InChI is InChI=1S/C13H14N4O2/c1-13(2)12(19)16-11(18)7-17(13)10-4-3-8(6-14)5-9(10)15/h3-5H,7,15H2,1-2H3,(H,16,18,19). The van der Waals surface area contributed by atoms with Crippen LogP contribution in [0.2, 0.25) is 0 Å². The molecule has 0 aromatic heterocycles. The van der Waals surface area contributed by atoms with Crippen molar-refractivity contribution in [1.82, 2.24) is 5.32 Å². The smallest absolute Gasteiger partial charge is 0.251 e. The number of carbonyl (C=O) groups excluding carboxylic acids is 2.